The van der Waals surface area contributed by atoms with Gasteiger partial charge in [-0.3, -0.25) is 9.52 Å². The van der Waals surface area contributed by atoms with Crippen LogP contribution in [0.2, 0.25) is 5.02 Å². The normalized spacial score (nSPS) is 12.3. The van der Waals surface area contributed by atoms with E-state index in [0.717, 1.165) is 16.7 Å². The first-order valence-corrected chi connectivity index (χ1v) is 11.3. The van der Waals surface area contributed by atoms with Gasteiger partial charge in [-0.1, -0.05) is 53.6 Å². The molecule has 0 saturated carbocycles. The molecular weight excluding hydrogens is 420 g/mol. The third kappa shape index (κ3) is 5.01. The van der Waals surface area contributed by atoms with E-state index in [1.807, 2.05) is 39.0 Å². The van der Waals surface area contributed by atoms with Crippen molar-refractivity contribution in [3.8, 4) is 0 Å². The maximum Gasteiger partial charge on any atom is 0.261 e. The molecule has 0 aliphatic carbocycles. The Morgan fingerprint density at radius 2 is 1.67 bits per heavy atom. The van der Waals surface area contributed by atoms with Crippen molar-refractivity contribution in [2.75, 3.05) is 4.72 Å². The molecule has 0 heterocycles. The summed E-state index contributed by atoms with van der Waals surface area (Å²) < 4.78 is 27.4. The Morgan fingerprint density at radius 1 is 0.967 bits per heavy atom. The van der Waals surface area contributed by atoms with Gasteiger partial charge in [-0.25, -0.2) is 8.42 Å². The van der Waals surface area contributed by atoms with Gasteiger partial charge in [-0.2, -0.15) is 0 Å². The van der Waals surface area contributed by atoms with Crippen LogP contribution in [0.4, 0.5) is 5.69 Å². The molecule has 3 aromatic carbocycles. The molecule has 30 heavy (non-hydrogen) atoms. The molecule has 0 aromatic heterocycles. The van der Waals surface area contributed by atoms with Gasteiger partial charge in [0.25, 0.3) is 15.9 Å². The number of amides is 1. The van der Waals surface area contributed by atoms with Crippen LogP contribution in [-0.2, 0) is 10.0 Å². The molecule has 3 aromatic rings. The quantitative estimate of drug-likeness (QED) is 0.547. The van der Waals surface area contributed by atoms with Crippen LogP contribution in [0.25, 0.3) is 0 Å². The second-order valence-electron chi connectivity index (χ2n) is 7.17. The van der Waals surface area contributed by atoms with Crippen molar-refractivity contribution in [3.05, 3.63) is 94.0 Å². The highest BCUT2D eigenvalue weighted by atomic mass is 35.5. The molecule has 5 nitrogen and oxygen atoms in total. The van der Waals surface area contributed by atoms with Crippen molar-refractivity contribution < 1.29 is 13.2 Å². The summed E-state index contributed by atoms with van der Waals surface area (Å²) in [5.41, 5.74) is 3.79. The van der Waals surface area contributed by atoms with Crippen LogP contribution in [-0.4, -0.2) is 14.3 Å². The highest BCUT2D eigenvalue weighted by molar-refractivity contribution is 7.92. The zero-order valence-electron chi connectivity index (χ0n) is 16.9. The molecule has 0 saturated heterocycles. The molecule has 0 fully saturated rings. The fourth-order valence-electron chi connectivity index (χ4n) is 3.16. The van der Waals surface area contributed by atoms with Gasteiger partial charge in [-0.15, -0.1) is 0 Å². The number of halogens is 1. The van der Waals surface area contributed by atoms with E-state index >= 15 is 0 Å². The van der Waals surface area contributed by atoms with Gasteiger partial charge in [0.2, 0.25) is 0 Å². The van der Waals surface area contributed by atoms with Crippen molar-refractivity contribution in [2.45, 2.75) is 31.7 Å². The van der Waals surface area contributed by atoms with Crippen LogP contribution < -0.4 is 10.0 Å². The predicted octanol–water partition coefficient (Wildman–Crippen LogP) is 5.25. The van der Waals surface area contributed by atoms with Crippen LogP contribution >= 0.6 is 11.6 Å². The standard InChI is InChI=1S/C23H23ClN2O3S/c1-15-9-10-16(2)21(13-15)17(3)25-23(27)20-12-11-18(14-22(20)24)26-30(28,29)19-7-5-4-6-8-19/h4-14,17,26H,1-3H3,(H,25,27)/t17-/m0/s1. The number of carbonyl (C=O) groups excluding carboxylic acids is 1. The second-order valence-corrected chi connectivity index (χ2v) is 9.26. The van der Waals surface area contributed by atoms with E-state index in [0.29, 0.717) is 0 Å². The van der Waals surface area contributed by atoms with Crippen LogP contribution in [0.3, 0.4) is 0 Å². The number of hydrogen-bond donors (Lipinski definition) is 2. The summed E-state index contributed by atoms with van der Waals surface area (Å²) in [5.74, 6) is -0.328. The molecule has 1 amide bonds. The van der Waals surface area contributed by atoms with Gasteiger partial charge < -0.3 is 5.32 Å². The summed E-state index contributed by atoms with van der Waals surface area (Å²) >= 11 is 6.29. The first kappa shape index (κ1) is 21.9. The largest absolute Gasteiger partial charge is 0.345 e. The summed E-state index contributed by atoms with van der Waals surface area (Å²) in [6.07, 6.45) is 0. The van der Waals surface area contributed by atoms with Gasteiger partial charge in [0, 0.05) is 0 Å². The highest BCUT2D eigenvalue weighted by Gasteiger charge is 2.18. The number of aryl methyl sites for hydroxylation is 2. The molecule has 2 N–H and O–H groups in total. The molecule has 0 radical (unpaired) electrons. The van der Waals surface area contributed by atoms with Gasteiger partial charge in [0.15, 0.2) is 0 Å². The number of anilines is 1. The summed E-state index contributed by atoms with van der Waals surface area (Å²) in [7, 11) is -3.74. The van der Waals surface area contributed by atoms with Crippen molar-refractivity contribution in [1.29, 1.82) is 0 Å². The number of rotatable bonds is 6. The topological polar surface area (TPSA) is 75.3 Å². The Morgan fingerprint density at radius 3 is 2.33 bits per heavy atom. The number of nitrogens with one attached hydrogen (secondary N) is 2. The first-order chi connectivity index (χ1) is 14.2. The molecule has 0 unspecified atom stereocenters. The minimum absolute atomic E-state index is 0.144. The average molecular weight is 443 g/mol. The number of hydrogen-bond acceptors (Lipinski definition) is 3. The van der Waals surface area contributed by atoms with Crippen LogP contribution in [0, 0.1) is 13.8 Å². The Bertz CT molecular complexity index is 1180. The van der Waals surface area contributed by atoms with Gasteiger partial charge in [-0.05, 0) is 62.2 Å². The lowest BCUT2D eigenvalue weighted by atomic mass is 9.99. The lowest BCUT2D eigenvalue weighted by Crippen LogP contribution is -2.27. The molecule has 0 bridgehead atoms. The maximum atomic E-state index is 12.7. The molecule has 7 heteroatoms. The van der Waals surface area contributed by atoms with E-state index in [1.54, 1.807) is 18.2 Å². The Balaban J connectivity index is 1.76. The average Bonchev–Trinajstić information content (AvgIpc) is 2.70. The molecular formula is C23H23ClN2O3S. The second kappa shape index (κ2) is 8.90. The Kier molecular flexibility index (Phi) is 6.48. The summed E-state index contributed by atoms with van der Waals surface area (Å²) in [6.45, 7) is 5.91. The predicted molar refractivity (Wildman–Crippen MR) is 120 cm³/mol. The van der Waals surface area contributed by atoms with E-state index in [-0.39, 0.29) is 33.1 Å². The molecule has 0 aliphatic heterocycles. The van der Waals surface area contributed by atoms with Gasteiger partial charge in [0.05, 0.1) is 27.2 Å². The first-order valence-electron chi connectivity index (χ1n) is 9.43. The summed E-state index contributed by atoms with van der Waals surface area (Å²) in [5, 5.41) is 3.11. The maximum absolute atomic E-state index is 12.7. The highest BCUT2D eigenvalue weighted by Crippen LogP contribution is 2.25. The molecule has 156 valence electrons. The summed E-state index contributed by atoms with van der Waals surface area (Å²) in [4.78, 5) is 12.9. The van der Waals surface area contributed by atoms with Crippen LogP contribution in [0.15, 0.2) is 71.6 Å². The fraction of sp³-hybridized carbons (Fsp3) is 0.174. The Labute approximate surface area is 182 Å². The number of sulfonamides is 1. The molecule has 3 rings (SSSR count). The number of benzene rings is 3. The minimum atomic E-state index is -3.74. The van der Waals surface area contributed by atoms with Gasteiger partial charge >= 0.3 is 0 Å². The molecule has 0 aliphatic rings. The monoisotopic (exact) mass is 442 g/mol. The fourth-order valence-corrected chi connectivity index (χ4v) is 4.49. The van der Waals surface area contributed by atoms with Crippen molar-refractivity contribution in [1.82, 2.24) is 5.32 Å². The SMILES string of the molecule is Cc1ccc(C)c([C@H](C)NC(=O)c2ccc(NS(=O)(=O)c3ccccc3)cc2Cl)c1. The van der Waals surface area contributed by atoms with E-state index in [1.165, 1.54) is 30.3 Å². The van der Waals surface area contributed by atoms with E-state index in [2.05, 4.69) is 10.0 Å². The molecule has 0 spiro atoms. The summed E-state index contributed by atoms with van der Waals surface area (Å²) in [6, 6.07) is 18.4. The third-order valence-electron chi connectivity index (χ3n) is 4.77. The molecule has 1 atom stereocenters. The van der Waals surface area contributed by atoms with Crippen molar-refractivity contribution in [3.63, 3.8) is 0 Å². The van der Waals surface area contributed by atoms with Crippen molar-refractivity contribution >= 4 is 33.2 Å². The lowest BCUT2D eigenvalue weighted by Gasteiger charge is -2.18. The van der Waals surface area contributed by atoms with E-state index in [4.69, 9.17) is 11.6 Å². The lowest BCUT2D eigenvalue weighted by molar-refractivity contribution is 0.0940. The van der Waals surface area contributed by atoms with Crippen LogP contribution in [0.1, 0.15) is 40.0 Å². The zero-order valence-corrected chi connectivity index (χ0v) is 18.5. The number of carbonyl (C=O) groups is 1. The van der Waals surface area contributed by atoms with E-state index in [9.17, 15) is 13.2 Å². The third-order valence-corrected chi connectivity index (χ3v) is 6.48. The smallest absolute Gasteiger partial charge is 0.261 e. The zero-order chi connectivity index (χ0) is 21.9. The van der Waals surface area contributed by atoms with E-state index < -0.39 is 10.0 Å². The van der Waals surface area contributed by atoms with Crippen molar-refractivity contribution in [2.24, 2.45) is 0 Å². The minimum Gasteiger partial charge on any atom is -0.345 e. The Hall–Kier alpha value is -2.83. The van der Waals surface area contributed by atoms with Crippen LogP contribution in [0.5, 0.6) is 0 Å². The van der Waals surface area contributed by atoms with Gasteiger partial charge in [0.1, 0.15) is 0 Å².